The molecule has 2 aromatic heterocycles. The molecular weight excluding hydrogens is 567 g/mol. The van der Waals surface area contributed by atoms with Crippen LogP contribution >= 0.6 is 22.7 Å². The van der Waals surface area contributed by atoms with Gasteiger partial charge in [-0.25, -0.2) is 18.2 Å². The molecule has 4 aromatic rings. The number of nitrogens with one attached hydrogen (secondary N) is 1. The minimum Gasteiger partial charge on any atom is -0.462 e. The van der Waals surface area contributed by atoms with Crippen LogP contribution in [0.25, 0.3) is 20.8 Å². The van der Waals surface area contributed by atoms with E-state index in [0.717, 1.165) is 47.2 Å². The van der Waals surface area contributed by atoms with Crippen LogP contribution in [-0.4, -0.2) is 48.8 Å². The zero-order chi connectivity index (χ0) is 28.4. The van der Waals surface area contributed by atoms with Crippen LogP contribution in [0.15, 0.2) is 53.4 Å². The van der Waals surface area contributed by atoms with Crippen LogP contribution in [0.4, 0.5) is 5.00 Å². The minimum absolute atomic E-state index is 0.00156. The number of aromatic nitrogens is 1. The van der Waals surface area contributed by atoms with Gasteiger partial charge in [-0.3, -0.25) is 4.79 Å². The molecule has 1 aliphatic rings. The van der Waals surface area contributed by atoms with E-state index in [9.17, 15) is 18.0 Å². The number of sulfonamides is 1. The molecule has 1 aliphatic heterocycles. The van der Waals surface area contributed by atoms with Gasteiger partial charge in [0.15, 0.2) is 0 Å². The topological polar surface area (TPSA) is 106 Å². The number of benzene rings is 2. The van der Waals surface area contributed by atoms with Gasteiger partial charge in [0.25, 0.3) is 5.91 Å². The second-order valence-electron chi connectivity index (χ2n) is 9.62. The number of anilines is 1. The second-order valence-corrected chi connectivity index (χ2v) is 13.6. The van der Waals surface area contributed by atoms with Gasteiger partial charge in [0.1, 0.15) is 14.9 Å². The minimum atomic E-state index is -3.65. The number of piperidine rings is 1. The van der Waals surface area contributed by atoms with Crippen LogP contribution in [0, 0.1) is 6.92 Å². The molecule has 8 nitrogen and oxygen atoms in total. The van der Waals surface area contributed by atoms with E-state index in [1.807, 2.05) is 38.1 Å². The SMILES string of the molecule is CCOC(=O)c1sc(NC(=O)c2ccc(S(=O)(=O)N3CCCCC3CC)cc2)c(-c2nc3ccccc3s2)c1C. The molecule has 210 valence electrons. The van der Waals surface area contributed by atoms with Crippen LogP contribution in [0.5, 0.6) is 0 Å². The summed E-state index contributed by atoms with van der Waals surface area (Å²) in [6.07, 6.45) is 3.51. The number of thiazole rings is 1. The molecule has 0 radical (unpaired) electrons. The third-order valence-electron chi connectivity index (χ3n) is 7.11. The van der Waals surface area contributed by atoms with Gasteiger partial charge in [0.05, 0.1) is 21.7 Å². The van der Waals surface area contributed by atoms with Gasteiger partial charge in [-0.15, -0.1) is 22.7 Å². The lowest BCUT2D eigenvalue weighted by Gasteiger charge is -2.34. The Morgan fingerprint density at radius 1 is 1.07 bits per heavy atom. The Balaban J connectivity index is 1.45. The first-order valence-electron chi connectivity index (χ1n) is 13.3. The smallest absolute Gasteiger partial charge is 0.348 e. The zero-order valence-electron chi connectivity index (χ0n) is 22.6. The van der Waals surface area contributed by atoms with E-state index in [2.05, 4.69) is 5.32 Å². The van der Waals surface area contributed by atoms with Crippen molar-refractivity contribution in [3.05, 3.63) is 64.5 Å². The standard InChI is InChI=1S/C29H31N3O5S3/c1-4-20-10-8-9-17-32(20)40(35,36)21-15-13-19(14-16-21)26(33)31-28-24(18(3)25(39-28)29(34)37-5-2)27-30-22-11-6-7-12-23(22)38-27/h6-7,11-16,20H,4-5,8-10,17H2,1-3H3,(H,31,33). The van der Waals surface area contributed by atoms with Gasteiger partial charge in [0, 0.05) is 23.7 Å². The predicted octanol–water partition coefficient (Wildman–Crippen LogP) is 6.72. The number of carbonyl (C=O) groups excluding carboxylic acids is 2. The maximum Gasteiger partial charge on any atom is 0.348 e. The highest BCUT2D eigenvalue weighted by Gasteiger charge is 2.32. The third-order valence-corrected chi connectivity index (χ3v) is 11.3. The van der Waals surface area contributed by atoms with Crippen molar-refractivity contribution < 1.29 is 22.7 Å². The first kappa shape index (κ1) is 28.4. The Kier molecular flexibility index (Phi) is 8.37. The molecule has 1 atom stereocenters. The first-order chi connectivity index (χ1) is 19.2. The fourth-order valence-electron chi connectivity index (χ4n) is 5.02. The Hall–Kier alpha value is -3.12. The molecule has 1 fully saturated rings. The van der Waals surface area contributed by atoms with Crippen LogP contribution < -0.4 is 5.32 Å². The Morgan fingerprint density at radius 2 is 1.82 bits per heavy atom. The van der Waals surface area contributed by atoms with Gasteiger partial charge in [-0.05, 0) is 75.1 Å². The first-order valence-corrected chi connectivity index (χ1v) is 16.4. The number of thiophene rings is 1. The number of esters is 1. The highest BCUT2D eigenvalue weighted by Crippen LogP contribution is 2.44. The van der Waals surface area contributed by atoms with Crippen molar-refractivity contribution in [2.45, 2.75) is 57.4 Å². The van der Waals surface area contributed by atoms with Gasteiger partial charge in [-0.2, -0.15) is 4.31 Å². The monoisotopic (exact) mass is 597 g/mol. The van der Waals surface area contributed by atoms with E-state index < -0.39 is 21.9 Å². The normalized spacial score (nSPS) is 16.2. The molecule has 3 heterocycles. The van der Waals surface area contributed by atoms with Gasteiger partial charge >= 0.3 is 5.97 Å². The molecule has 0 aliphatic carbocycles. The molecule has 40 heavy (non-hydrogen) atoms. The fourth-order valence-corrected chi connectivity index (χ4v) is 9.02. The summed E-state index contributed by atoms with van der Waals surface area (Å²) in [5.74, 6) is -0.863. The summed E-state index contributed by atoms with van der Waals surface area (Å²) in [6.45, 7) is 6.32. The zero-order valence-corrected chi connectivity index (χ0v) is 25.0. The number of hydrogen-bond acceptors (Lipinski definition) is 8. The van der Waals surface area contributed by atoms with E-state index in [0.29, 0.717) is 38.1 Å². The number of nitrogens with zero attached hydrogens (tertiary/aromatic N) is 2. The summed E-state index contributed by atoms with van der Waals surface area (Å²) >= 11 is 2.63. The lowest BCUT2D eigenvalue weighted by Crippen LogP contribution is -2.43. The summed E-state index contributed by atoms with van der Waals surface area (Å²) in [5, 5.41) is 4.12. The number of fused-ring (bicyclic) bond motifs is 1. The Bertz CT molecular complexity index is 1620. The molecule has 0 spiro atoms. The van der Waals surface area contributed by atoms with Crippen molar-refractivity contribution in [2.24, 2.45) is 0 Å². The van der Waals surface area contributed by atoms with Gasteiger partial charge in [0.2, 0.25) is 10.0 Å². The van der Waals surface area contributed by atoms with E-state index in [1.165, 1.54) is 35.6 Å². The van der Waals surface area contributed by atoms with Crippen LogP contribution in [-0.2, 0) is 14.8 Å². The second kappa shape index (κ2) is 11.8. The van der Waals surface area contributed by atoms with Gasteiger partial charge < -0.3 is 10.1 Å². The molecule has 1 saturated heterocycles. The Labute approximate surface area is 242 Å². The van der Waals surface area contributed by atoms with E-state index in [1.54, 1.807) is 11.2 Å². The highest BCUT2D eigenvalue weighted by molar-refractivity contribution is 7.89. The van der Waals surface area contributed by atoms with Crippen molar-refractivity contribution in [2.75, 3.05) is 18.5 Å². The largest absolute Gasteiger partial charge is 0.462 e. The number of ether oxygens (including phenoxy) is 1. The molecule has 5 rings (SSSR count). The molecule has 1 N–H and O–H groups in total. The predicted molar refractivity (Wildman–Crippen MR) is 160 cm³/mol. The van der Waals surface area contributed by atoms with Crippen LogP contribution in [0.1, 0.15) is 65.1 Å². The van der Waals surface area contributed by atoms with E-state index >= 15 is 0 Å². The summed E-state index contributed by atoms with van der Waals surface area (Å²) < 4.78 is 34.5. The number of rotatable bonds is 8. The van der Waals surface area contributed by atoms with Gasteiger partial charge in [-0.1, -0.05) is 25.5 Å². The summed E-state index contributed by atoms with van der Waals surface area (Å²) in [7, 11) is -3.65. The van der Waals surface area contributed by atoms with E-state index in [4.69, 9.17) is 9.72 Å². The van der Waals surface area contributed by atoms with Crippen molar-refractivity contribution in [3.63, 3.8) is 0 Å². The number of amides is 1. The number of carbonyl (C=O) groups is 2. The van der Waals surface area contributed by atoms with Crippen molar-refractivity contribution in [1.29, 1.82) is 0 Å². The quantitative estimate of drug-likeness (QED) is 0.226. The number of hydrogen-bond donors (Lipinski definition) is 1. The highest BCUT2D eigenvalue weighted by atomic mass is 32.2. The summed E-state index contributed by atoms with van der Waals surface area (Å²) in [5.41, 5.74) is 2.51. The third kappa shape index (κ3) is 5.43. The van der Waals surface area contributed by atoms with Crippen LogP contribution in [0.2, 0.25) is 0 Å². The fraction of sp³-hybridized carbons (Fsp3) is 0.345. The maximum atomic E-state index is 13.3. The van der Waals surface area contributed by atoms with E-state index in [-0.39, 0.29) is 17.5 Å². The number of para-hydroxylation sites is 1. The average Bonchev–Trinajstić information content (AvgIpc) is 3.53. The summed E-state index contributed by atoms with van der Waals surface area (Å²) in [6, 6.07) is 13.8. The maximum absolute atomic E-state index is 13.3. The Morgan fingerprint density at radius 3 is 2.52 bits per heavy atom. The average molecular weight is 598 g/mol. The lowest BCUT2D eigenvalue weighted by atomic mass is 10.0. The molecule has 1 unspecified atom stereocenters. The van der Waals surface area contributed by atoms with Crippen molar-refractivity contribution in [3.8, 4) is 10.6 Å². The lowest BCUT2D eigenvalue weighted by molar-refractivity contribution is 0.0531. The molecule has 0 bridgehead atoms. The van der Waals surface area contributed by atoms with Crippen molar-refractivity contribution >= 4 is 59.8 Å². The molecule has 0 saturated carbocycles. The molecular formula is C29H31N3O5S3. The van der Waals surface area contributed by atoms with Crippen LogP contribution in [0.3, 0.4) is 0 Å². The molecule has 1 amide bonds. The molecule has 2 aromatic carbocycles. The molecule has 11 heteroatoms. The summed E-state index contributed by atoms with van der Waals surface area (Å²) in [4.78, 5) is 31.4. The van der Waals surface area contributed by atoms with Crippen molar-refractivity contribution in [1.82, 2.24) is 9.29 Å².